The summed E-state index contributed by atoms with van der Waals surface area (Å²) in [6, 6.07) is 8.68. The third-order valence-electron chi connectivity index (χ3n) is 5.24. The molecule has 37 heavy (non-hydrogen) atoms. The van der Waals surface area contributed by atoms with Crippen molar-refractivity contribution < 1.29 is 36.4 Å². The molecule has 1 aliphatic heterocycles. The van der Waals surface area contributed by atoms with Gasteiger partial charge in [-0.15, -0.1) is 0 Å². The molecule has 3 heterocycles. The van der Waals surface area contributed by atoms with Crippen molar-refractivity contribution in [2.75, 3.05) is 17.2 Å². The highest BCUT2D eigenvalue weighted by Gasteiger charge is 2.42. The van der Waals surface area contributed by atoms with Crippen LogP contribution in [0, 0.1) is 5.82 Å². The van der Waals surface area contributed by atoms with Crippen LogP contribution in [0.3, 0.4) is 0 Å². The van der Waals surface area contributed by atoms with E-state index in [4.69, 9.17) is 4.42 Å². The molecule has 11 nitrogen and oxygen atoms in total. The van der Waals surface area contributed by atoms with Gasteiger partial charge in [0.2, 0.25) is 5.95 Å². The van der Waals surface area contributed by atoms with E-state index in [2.05, 4.69) is 30.8 Å². The van der Waals surface area contributed by atoms with Crippen LogP contribution in [0.2, 0.25) is 0 Å². The van der Waals surface area contributed by atoms with Gasteiger partial charge in [-0.1, -0.05) is 4.73 Å². The minimum absolute atomic E-state index is 0.00418. The van der Waals surface area contributed by atoms with Crippen molar-refractivity contribution in [3.05, 3.63) is 70.1 Å². The Morgan fingerprint density at radius 3 is 2.65 bits per heavy atom. The highest BCUT2D eigenvalue weighted by molar-refractivity contribution is 5.97. The maximum atomic E-state index is 14.4. The highest BCUT2D eigenvalue weighted by atomic mass is 19.4. The number of hydrogen-bond donors (Lipinski definition) is 3. The van der Waals surface area contributed by atoms with Gasteiger partial charge in [-0.2, -0.15) is 18.2 Å². The molecule has 1 amide bonds. The summed E-state index contributed by atoms with van der Waals surface area (Å²) < 4.78 is 56.9. The second kappa shape index (κ2) is 8.92. The van der Waals surface area contributed by atoms with Crippen LogP contribution in [0.5, 0.6) is 0 Å². The predicted octanol–water partition coefficient (Wildman–Crippen LogP) is 2.81. The van der Waals surface area contributed by atoms with Crippen molar-refractivity contribution in [3.63, 3.8) is 0 Å². The van der Waals surface area contributed by atoms with Crippen LogP contribution in [0.4, 0.5) is 40.7 Å². The summed E-state index contributed by atoms with van der Waals surface area (Å²) in [6.07, 6.45) is -3.83. The number of rotatable bonds is 5. The quantitative estimate of drug-likeness (QED) is 0.340. The van der Waals surface area contributed by atoms with Crippen molar-refractivity contribution >= 4 is 46.1 Å². The smallest absolute Gasteiger partial charge is 0.405 e. The third kappa shape index (κ3) is 4.78. The molecule has 3 N–H and O–H groups in total. The summed E-state index contributed by atoms with van der Waals surface area (Å²) in [5.74, 6) is -5.34. The van der Waals surface area contributed by atoms with Gasteiger partial charge in [0.25, 0.3) is 5.91 Å². The Labute approximate surface area is 203 Å². The number of nitrogens with zero attached hydrogens (tertiary/aromatic N) is 3. The van der Waals surface area contributed by atoms with Crippen LogP contribution in [0.1, 0.15) is 15.9 Å². The Hall–Kier alpha value is -4.95. The number of benzene rings is 2. The van der Waals surface area contributed by atoms with Crippen LogP contribution in [0.25, 0.3) is 11.1 Å². The Kier molecular flexibility index (Phi) is 5.74. The number of anilines is 4. The largest absolute Gasteiger partial charge is 0.493 e. The molecule has 0 saturated carbocycles. The molecule has 0 radical (unpaired) electrons. The Morgan fingerprint density at radius 2 is 1.86 bits per heavy atom. The third-order valence-corrected chi connectivity index (χ3v) is 5.24. The minimum atomic E-state index is -5.35. The molecule has 0 spiro atoms. The second-order valence-corrected chi connectivity index (χ2v) is 7.74. The fourth-order valence-corrected chi connectivity index (χ4v) is 3.58. The minimum Gasteiger partial charge on any atom is -0.405 e. The molecule has 4 aromatic rings. The maximum absolute atomic E-state index is 14.4. The van der Waals surface area contributed by atoms with Gasteiger partial charge in [0, 0.05) is 23.5 Å². The number of amides is 1. The van der Waals surface area contributed by atoms with Gasteiger partial charge in [0.15, 0.2) is 17.2 Å². The van der Waals surface area contributed by atoms with Gasteiger partial charge in [0.05, 0.1) is 6.20 Å². The Morgan fingerprint density at radius 1 is 1.11 bits per heavy atom. The Balaban J connectivity index is 1.40. The van der Waals surface area contributed by atoms with Crippen LogP contribution >= 0.6 is 0 Å². The van der Waals surface area contributed by atoms with E-state index in [0.29, 0.717) is 24.2 Å². The van der Waals surface area contributed by atoms with Gasteiger partial charge in [0.1, 0.15) is 5.52 Å². The number of nitrogens with one attached hydrogen (secondary N) is 3. The van der Waals surface area contributed by atoms with E-state index in [9.17, 15) is 31.9 Å². The first kappa shape index (κ1) is 23.8. The fourth-order valence-electron chi connectivity index (χ4n) is 3.58. The van der Waals surface area contributed by atoms with E-state index in [1.807, 2.05) is 0 Å². The summed E-state index contributed by atoms with van der Waals surface area (Å²) in [4.78, 5) is 47.0. The molecule has 1 aliphatic rings. The zero-order valence-corrected chi connectivity index (χ0v) is 18.4. The molecule has 0 saturated heterocycles. The average molecular weight is 518 g/mol. The van der Waals surface area contributed by atoms with E-state index in [0.717, 1.165) is 17.8 Å². The van der Waals surface area contributed by atoms with Gasteiger partial charge < -0.3 is 25.2 Å². The van der Waals surface area contributed by atoms with Crippen molar-refractivity contribution in [2.24, 2.45) is 0 Å². The second-order valence-electron chi connectivity index (χ2n) is 7.74. The maximum Gasteiger partial charge on any atom is 0.493 e. The molecule has 2 aromatic heterocycles. The lowest BCUT2D eigenvalue weighted by molar-refractivity contribution is -0.200. The molecular weight excluding hydrogens is 504 g/mol. The lowest BCUT2D eigenvalue weighted by Gasteiger charge is -2.17. The predicted molar refractivity (Wildman–Crippen MR) is 119 cm³/mol. The highest BCUT2D eigenvalue weighted by Crippen LogP contribution is 2.25. The fraction of sp³-hybridized carbons (Fsp3) is 0.136. The zero-order chi connectivity index (χ0) is 26.3. The number of oxazole rings is 1. The van der Waals surface area contributed by atoms with Crippen molar-refractivity contribution in [2.45, 2.75) is 12.6 Å². The van der Waals surface area contributed by atoms with E-state index < -0.39 is 23.7 Å². The number of carbonyl (C=O) groups excluding carboxylic acids is 2. The van der Waals surface area contributed by atoms with Crippen LogP contribution in [-0.4, -0.2) is 39.3 Å². The number of halogens is 4. The summed E-state index contributed by atoms with van der Waals surface area (Å²) in [6.45, 7) is 0.501. The lowest BCUT2D eigenvalue weighted by Crippen LogP contribution is -2.36. The number of alkyl halides is 3. The lowest BCUT2D eigenvalue weighted by atomic mass is 10.00. The van der Waals surface area contributed by atoms with Gasteiger partial charge in [-0.05, 0) is 48.4 Å². The van der Waals surface area contributed by atoms with E-state index >= 15 is 0 Å². The number of carbonyl (C=O) groups is 2. The Bertz CT molecular complexity index is 1610. The molecule has 0 atom stereocenters. The average Bonchev–Trinajstić information content (AvgIpc) is 3.15. The van der Waals surface area contributed by atoms with Gasteiger partial charge in [-0.3, -0.25) is 4.79 Å². The molecular formula is C22H14F4N6O5. The van der Waals surface area contributed by atoms with Crippen molar-refractivity contribution in [3.8, 4) is 0 Å². The zero-order valence-electron chi connectivity index (χ0n) is 18.4. The SMILES string of the molecule is O=C1NCCc2cc(Nc3ncc(F)c(Nc4ccc5oc(=O)n(OC(=O)C(F)(F)F)c5c4)n3)ccc21. The number of fused-ring (bicyclic) bond motifs is 2. The van der Waals surface area contributed by atoms with Crippen LogP contribution in [-0.2, 0) is 11.2 Å². The van der Waals surface area contributed by atoms with E-state index in [-0.39, 0.29) is 39.2 Å². The van der Waals surface area contributed by atoms with Crippen molar-refractivity contribution in [1.82, 2.24) is 20.0 Å². The molecule has 2 aromatic carbocycles. The molecule has 0 fully saturated rings. The number of hydrogen-bond acceptors (Lipinski definition) is 9. The van der Waals surface area contributed by atoms with Crippen LogP contribution < -0.4 is 26.5 Å². The van der Waals surface area contributed by atoms with Gasteiger partial charge >= 0.3 is 17.9 Å². The first-order valence-corrected chi connectivity index (χ1v) is 10.5. The summed E-state index contributed by atoms with van der Waals surface area (Å²) >= 11 is 0. The molecule has 0 unspecified atom stereocenters. The van der Waals surface area contributed by atoms with E-state index in [1.54, 1.807) is 18.2 Å². The van der Waals surface area contributed by atoms with E-state index in [1.165, 1.54) is 12.1 Å². The summed E-state index contributed by atoms with van der Waals surface area (Å²) in [7, 11) is 0. The van der Waals surface area contributed by atoms with Crippen LogP contribution in [0.15, 0.2) is 51.8 Å². The number of aromatic nitrogens is 3. The normalized spacial score (nSPS) is 13.1. The molecule has 0 bridgehead atoms. The first-order valence-electron chi connectivity index (χ1n) is 10.5. The molecule has 15 heteroatoms. The van der Waals surface area contributed by atoms with Crippen molar-refractivity contribution in [1.29, 1.82) is 0 Å². The first-order chi connectivity index (χ1) is 17.6. The monoisotopic (exact) mass is 518 g/mol. The summed E-state index contributed by atoms with van der Waals surface area (Å²) in [5.41, 5.74) is 1.50. The molecule has 0 aliphatic carbocycles. The van der Waals surface area contributed by atoms with Gasteiger partial charge in [-0.25, -0.2) is 19.0 Å². The standard InChI is InChI=1S/C22H14F4N6O5/c23-14-9-28-20(30-11-1-3-13-10(7-11)5-6-27-18(13)33)31-17(14)29-12-2-4-16-15(8-12)32(21(35)36-16)37-19(34)22(24,25)26/h1-4,7-9H,5-6H2,(H,27,33)(H2,28,29,30,31). The summed E-state index contributed by atoms with van der Waals surface area (Å²) in [5, 5.41) is 8.29. The topological polar surface area (TPSA) is 140 Å². The molecule has 190 valence electrons. The molecule has 5 rings (SSSR count).